The van der Waals surface area contributed by atoms with Gasteiger partial charge >= 0.3 is 0 Å². The fraction of sp³-hybridized carbons (Fsp3) is 0.321. The van der Waals surface area contributed by atoms with E-state index in [9.17, 15) is 5.26 Å². The van der Waals surface area contributed by atoms with E-state index >= 15 is 0 Å². The molecule has 180 valence electrons. The van der Waals surface area contributed by atoms with Crippen LogP contribution in [-0.2, 0) is 25.7 Å². The van der Waals surface area contributed by atoms with E-state index in [1.807, 2.05) is 53.2 Å². The number of methoxy groups -OCH3 is 1. The monoisotopic (exact) mass is 485 g/mol. The highest BCUT2D eigenvalue weighted by Gasteiger charge is 2.33. The Morgan fingerprint density at radius 3 is 2.46 bits per heavy atom. The first-order valence-corrected chi connectivity index (χ1v) is 11.9. The molecule has 0 amide bonds. The highest BCUT2D eigenvalue weighted by molar-refractivity contribution is 7.59. The van der Waals surface area contributed by atoms with Gasteiger partial charge in [0, 0.05) is 29.3 Å². The van der Waals surface area contributed by atoms with Gasteiger partial charge in [-0.25, -0.2) is 9.67 Å². The lowest BCUT2D eigenvalue weighted by atomic mass is 10.0. The van der Waals surface area contributed by atoms with E-state index < -0.39 is 0 Å². The molecule has 7 heteroatoms. The van der Waals surface area contributed by atoms with Crippen LogP contribution in [0.5, 0.6) is 5.75 Å². The second-order valence-corrected chi connectivity index (χ2v) is 8.74. The Bertz CT molecular complexity index is 1390. The molecule has 0 fully saturated rings. The quantitative estimate of drug-likeness (QED) is 0.362. The molecule has 2 aromatic heterocycles. The molecular formula is C28H31N5OS. The number of hydrogen-bond donors (Lipinski definition) is 0. The molecule has 0 radical (unpaired) electrons. The van der Waals surface area contributed by atoms with Crippen molar-refractivity contribution in [2.75, 3.05) is 7.11 Å². The van der Waals surface area contributed by atoms with Crippen LogP contribution in [0.1, 0.15) is 53.9 Å². The summed E-state index contributed by atoms with van der Waals surface area (Å²) in [6, 6.07) is 18.3. The highest BCUT2D eigenvalue weighted by Crippen LogP contribution is 2.40. The molecule has 4 aromatic rings. The van der Waals surface area contributed by atoms with Crippen molar-refractivity contribution in [3.8, 4) is 28.8 Å². The average molecular weight is 486 g/mol. The number of imidazole rings is 1. The summed E-state index contributed by atoms with van der Waals surface area (Å²) in [5.41, 5.74) is 8.59. The summed E-state index contributed by atoms with van der Waals surface area (Å²) in [5.74, 6) is 1.86. The Morgan fingerprint density at radius 1 is 1.06 bits per heavy atom. The number of nitrogens with zero attached hydrogens (tertiary/aromatic N) is 5. The Labute approximate surface area is 213 Å². The van der Waals surface area contributed by atoms with E-state index in [1.165, 1.54) is 17.0 Å². The minimum atomic E-state index is 0. The number of rotatable bonds is 6. The predicted molar refractivity (Wildman–Crippen MR) is 143 cm³/mol. The normalized spacial score (nSPS) is 14.3. The molecule has 0 spiro atoms. The zero-order valence-corrected chi connectivity index (χ0v) is 21.7. The van der Waals surface area contributed by atoms with Gasteiger partial charge < -0.3 is 9.30 Å². The summed E-state index contributed by atoms with van der Waals surface area (Å²) < 4.78 is 10.1. The number of aryl methyl sites for hydroxylation is 2. The van der Waals surface area contributed by atoms with Crippen LogP contribution in [0.25, 0.3) is 16.9 Å². The first-order chi connectivity index (χ1) is 16.6. The molecule has 5 rings (SSSR count). The van der Waals surface area contributed by atoms with Crippen LogP contribution in [-0.4, -0.2) is 26.4 Å². The van der Waals surface area contributed by atoms with Gasteiger partial charge in [-0.05, 0) is 50.5 Å². The van der Waals surface area contributed by atoms with Crippen LogP contribution in [0.4, 0.5) is 0 Å². The standard InChI is InChI=1S/C28H29N5O.H2S/c1-5-23-25(6-2)32(18(3)30-23)21-15-22-24(16-21)31-33(26-9-7-8-10-27(26)34-4)28(22)20-13-11-19(17-29)12-14-20;/h7-14,21H,5-6,15-16H2,1-4H3;1H2/t21-;/m0./s1. The second kappa shape index (κ2) is 10.0. The van der Waals surface area contributed by atoms with Crippen LogP contribution < -0.4 is 4.74 Å². The van der Waals surface area contributed by atoms with Crippen molar-refractivity contribution in [3.63, 3.8) is 0 Å². The minimum absolute atomic E-state index is 0. The molecule has 0 aliphatic heterocycles. The lowest BCUT2D eigenvalue weighted by Crippen LogP contribution is -2.15. The van der Waals surface area contributed by atoms with Gasteiger partial charge in [0.05, 0.1) is 35.8 Å². The first-order valence-electron chi connectivity index (χ1n) is 11.9. The number of para-hydroxylation sites is 2. The van der Waals surface area contributed by atoms with Gasteiger partial charge in [-0.3, -0.25) is 0 Å². The Balaban J connectivity index is 0.00000289. The number of aromatic nitrogens is 4. The molecule has 0 saturated heterocycles. The number of ether oxygens (including phenoxy) is 1. The van der Waals surface area contributed by atoms with Crippen LogP contribution in [0.15, 0.2) is 48.5 Å². The van der Waals surface area contributed by atoms with Gasteiger partial charge in [0.15, 0.2) is 0 Å². The van der Waals surface area contributed by atoms with E-state index in [0.29, 0.717) is 11.6 Å². The van der Waals surface area contributed by atoms with Crippen molar-refractivity contribution in [1.29, 1.82) is 5.26 Å². The van der Waals surface area contributed by atoms with Crippen molar-refractivity contribution >= 4 is 13.5 Å². The summed E-state index contributed by atoms with van der Waals surface area (Å²) in [6.45, 7) is 6.50. The maximum atomic E-state index is 9.28. The van der Waals surface area contributed by atoms with E-state index in [0.717, 1.165) is 59.9 Å². The van der Waals surface area contributed by atoms with Crippen LogP contribution in [0.3, 0.4) is 0 Å². The van der Waals surface area contributed by atoms with Gasteiger partial charge in [-0.2, -0.15) is 23.9 Å². The topological polar surface area (TPSA) is 68.7 Å². The Morgan fingerprint density at radius 2 is 1.80 bits per heavy atom. The number of hydrogen-bond acceptors (Lipinski definition) is 4. The zero-order valence-electron chi connectivity index (χ0n) is 20.7. The largest absolute Gasteiger partial charge is 0.494 e. The maximum Gasteiger partial charge on any atom is 0.144 e. The SMILES string of the molecule is CCc1nc(C)n([C@@H]2Cc3nn(-c4ccccc4OC)c(-c4ccc(C#N)cc4)c3C2)c1CC.S. The molecule has 0 saturated carbocycles. The summed E-state index contributed by atoms with van der Waals surface area (Å²) in [5, 5.41) is 14.4. The molecule has 35 heavy (non-hydrogen) atoms. The maximum absolute atomic E-state index is 9.28. The number of fused-ring (bicyclic) bond motifs is 1. The van der Waals surface area contributed by atoms with Crippen molar-refractivity contribution in [1.82, 2.24) is 19.3 Å². The molecular weight excluding hydrogens is 454 g/mol. The van der Waals surface area contributed by atoms with Gasteiger partial charge in [-0.1, -0.05) is 38.1 Å². The fourth-order valence-electron chi connectivity index (χ4n) is 5.36. The van der Waals surface area contributed by atoms with Crippen molar-refractivity contribution in [2.24, 2.45) is 0 Å². The van der Waals surface area contributed by atoms with Crippen molar-refractivity contribution in [3.05, 3.63) is 82.6 Å². The lowest BCUT2D eigenvalue weighted by molar-refractivity contribution is 0.411. The molecule has 1 aliphatic carbocycles. The van der Waals surface area contributed by atoms with E-state index in [2.05, 4.69) is 31.4 Å². The Kier molecular flexibility index (Phi) is 7.04. The van der Waals surface area contributed by atoms with Crippen LogP contribution >= 0.6 is 13.5 Å². The second-order valence-electron chi connectivity index (χ2n) is 8.74. The Hall–Kier alpha value is -3.50. The summed E-state index contributed by atoms with van der Waals surface area (Å²) in [6.07, 6.45) is 3.69. The fourth-order valence-corrected chi connectivity index (χ4v) is 5.36. The summed E-state index contributed by atoms with van der Waals surface area (Å²) in [7, 11) is 1.69. The predicted octanol–water partition coefficient (Wildman–Crippen LogP) is 5.50. The van der Waals surface area contributed by atoms with E-state index in [1.54, 1.807) is 7.11 Å². The van der Waals surface area contributed by atoms with E-state index in [4.69, 9.17) is 14.8 Å². The molecule has 1 aliphatic rings. The highest BCUT2D eigenvalue weighted by atomic mass is 32.1. The van der Waals surface area contributed by atoms with Gasteiger partial charge in [0.1, 0.15) is 17.3 Å². The lowest BCUT2D eigenvalue weighted by Gasteiger charge is -2.19. The van der Waals surface area contributed by atoms with Gasteiger partial charge in [0.2, 0.25) is 0 Å². The van der Waals surface area contributed by atoms with Crippen molar-refractivity contribution in [2.45, 2.75) is 52.5 Å². The molecule has 0 N–H and O–H groups in total. The third-order valence-electron chi connectivity index (χ3n) is 6.84. The van der Waals surface area contributed by atoms with E-state index in [-0.39, 0.29) is 13.5 Å². The number of nitriles is 1. The average Bonchev–Trinajstić information content (AvgIpc) is 3.53. The minimum Gasteiger partial charge on any atom is -0.494 e. The molecule has 0 bridgehead atoms. The molecule has 2 heterocycles. The van der Waals surface area contributed by atoms with Gasteiger partial charge in [0.25, 0.3) is 0 Å². The van der Waals surface area contributed by atoms with Crippen LogP contribution in [0, 0.1) is 18.3 Å². The summed E-state index contributed by atoms with van der Waals surface area (Å²) >= 11 is 0. The number of benzene rings is 2. The molecule has 2 aromatic carbocycles. The zero-order chi connectivity index (χ0) is 23.8. The van der Waals surface area contributed by atoms with Gasteiger partial charge in [-0.15, -0.1) is 0 Å². The molecule has 6 nitrogen and oxygen atoms in total. The molecule has 0 unspecified atom stereocenters. The third kappa shape index (κ3) is 4.12. The first kappa shape index (κ1) is 24.6. The smallest absolute Gasteiger partial charge is 0.144 e. The van der Waals surface area contributed by atoms with Crippen LogP contribution in [0.2, 0.25) is 0 Å². The third-order valence-corrected chi connectivity index (χ3v) is 6.84. The molecule has 1 atom stereocenters. The summed E-state index contributed by atoms with van der Waals surface area (Å²) in [4.78, 5) is 4.87. The van der Waals surface area contributed by atoms with Crippen molar-refractivity contribution < 1.29 is 4.74 Å².